The molecule has 1 N–H and O–H groups in total. The van der Waals surface area contributed by atoms with Crippen LogP contribution < -0.4 is 19.6 Å². The molecule has 0 atom stereocenters. The van der Waals surface area contributed by atoms with Gasteiger partial charge in [-0.15, -0.1) is 11.3 Å². The fraction of sp³-hybridized carbons (Fsp3) is 0.125. The predicted molar refractivity (Wildman–Crippen MR) is 131 cm³/mol. The van der Waals surface area contributed by atoms with E-state index >= 15 is 0 Å². The number of para-hydroxylation sites is 1. The summed E-state index contributed by atoms with van der Waals surface area (Å²) >= 11 is 7.49. The van der Waals surface area contributed by atoms with Crippen molar-refractivity contribution in [2.24, 2.45) is 5.10 Å². The number of thiophene rings is 1. The Morgan fingerprint density at radius 3 is 2.52 bits per heavy atom. The minimum absolute atomic E-state index is 0.367. The van der Waals surface area contributed by atoms with Gasteiger partial charge >= 0.3 is 0 Å². The molecular formula is C24H20ClN3O4S. The SMILES string of the molecule is COc1ccc(C=NNC(=O)c2cc(-c3ccc(Cl)s3)nc3ccccc23)c(OC)c1OC. The Bertz CT molecular complexity index is 1350. The minimum atomic E-state index is -0.367. The van der Waals surface area contributed by atoms with Gasteiger partial charge in [-0.1, -0.05) is 29.8 Å². The summed E-state index contributed by atoms with van der Waals surface area (Å²) in [6, 6.07) is 16.4. The summed E-state index contributed by atoms with van der Waals surface area (Å²) in [6.45, 7) is 0. The van der Waals surface area contributed by atoms with Gasteiger partial charge in [0.2, 0.25) is 5.75 Å². The van der Waals surface area contributed by atoms with E-state index in [1.165, 1.54) is 31.8 Å². The number of benzene rings is 2. The van der Waals surface area contributed by atoms with Crippen molar-refractivity contribution in [1.82, 2.24) is 10.4 Å². The van der Waals surface area contributed by atoms with Gasteiger partial charge < -0.3 is 14.2 Å². The second-order valence-electron chi connectivity index (χ2n) is 6.80. The molecule has 0 saturated carbocycles. The zero-order valence-corrected chi connectivity index (χ0v) is 19.7. The molecule has 33 heavy (non-hydrogen) atoms. The van der Waals surface area contributed by atoms with Crippen LogP contribution in [0.2, 0.25) is 4.34 Å². The lowest BCUT2D eigenvalue weighted by Crippen LogP contribution is -2.18. The molecule has 0 unspecified atom stereocenters. The number of nitrogens with zero attached hydrogens (tertiary/aromatic N) is 2. The highest BCUT2D eigenvalue weighted by Crippen LogP contribution is 2.39. The number of pyridine rings is 1. The van der Waals surface area contributed by atoms with Crippen LogP contribution in [0.1, 0.15) is 15.9 Å². The number of ether oxygens (including phenoxy) is 3. The molecule has 0 bridgehead atoms. The molecule has 4 aromatic rings. The highest BCUT2D eigenvalue weighted by molar-refractivity contribution is 7.19. The molecule has 0 aliphatic rings. The zero-order valence-electron chi connectivity index (χ0n) is 18.1. The molecule has 4 rings (SSSR count). The van der Waals surface area contributed by atoms with E-state index in [2.05, 4.69) is 15.5 Å². The Hall–Kier alpha value is -3.62. The molecule has 1 amide bonds. The summed E-state index contributed by atoms with van der Waals surface area (Å²) < 4.78 is 16.8. The molecule has 2 aromatic heterocycles. The number of fused-ring (bicyclic) bond motifs is 1. The third kappa shape index (κ3) is 4.62. The van der Waals surface area contributed by atoms with Gasteiger partial charge in [0.05, 0.1) is 53.5 Å². The van der Waals surface area contributed by atoms with Gasteiger partial charge in [-0.05, 0) is 36.4 Å². The molecule has 2 heterocycles. The van der Waals surface area contributed by atoms with Gasteiger partial charge in [-0.25, -0.2) is 10.4 Å². The number of aromatic nitrogens is 1. The molecule has 2 aromatic carbocycles. The summed E-state index contributed by atoms with van der Waals surface area (Å²) in [7, 11) is 4.59. The fourth-order valence-corrected chi connectivity index (χ4v) is 4.39. The van der Waals surface area contributed by atoms with Crippen molar-refractivity contribution >= 4 is 46.0 Å². The second-order valence-corrected chi connectivity index (χ2v) is 8.51. The Balaban J connectivity index is 1.66. The van der Waals surface area contributed by atoms with Crippen LogP contribution >= 0.6 is 22.9 Å². The lowest BCUT2D eigenvalue weighted by atomic mass is 10.1. The lowest BCUT2D eigenvalue weighted by molar-refractivity contribution is 0.0956. The maximum absolute atomic E-state index is 13.1. The molecule has 0 radical (unpaired) electrons. The standard InChI is InChI=1S/C24H20ClN3O4S/c1-30-19-9-8-14(22(31-2)23(19)32-3)13-26-28-24(29)16-12-18(20-10-11-21(25)33-20)27-17-7-5-4-6-15(16)17/h4-13H,1-3H3,(H,28,29). The summed E-state index contributed by atoms with van der Waals surface area (Å²) in [4.78, 5) is 18.6. The second kappa shape index (κ2) is 9.89. The average molecular weight is 482 g/mol. The van der Waals surface area contributed by atoms with Gasteiger partial charge in [0, 0.05) is 10.9 Å². The van der Waals surface area contributed by atoms with E-state index in [9.17, 15) is 4.79 Å². The molecule has 0 spiro atoms. The van der Waals surface area contributed by atoms with Crippen LogP contribution in [0.15, 0.2) is 59.7 Å². The number of hydrogen-bond acceptors (Lipinski definition) is 7. The molecule has 0 aliphatic carbocycles. The Kier molecular flexibility index (Phi) is 6.76. The van der Waals surface area contributed by atoms with Crippen molar-refractivity contribution in [2.75, 3.05) is 21.3 Å². The van der Waals surface area contributed by atoms with Crippen LogP contribution in [0.5, 0.6) is 17.2 Å². The van der Waals surface area contributed by atoms with Gasteiger partial charge in [-0.3, -0.25) is 4.79 Å². The summed E-state index contributed by atoms with van der Waals surface area (Å²) in [5.74, 6) is 1.05. The van der Waals surface area contributed by atoms with Crippen molar-refractivity contribution in [3.05, 3.63) is 70.1 Å². The number of halogens is 1. The van der Waals surface area contributed by atoms with Crippen LogP contribution in [-0.4, -0.2) is 38.4 Å². The number of methoxy groups -OCH3 is 3. The van der Waals surface area contributed by atoms with E-state index in [1.807, 2.05) is 30.3 Å². The smallest absolute Gasteiger partial charge is 0.272 e. The monoisotopic (exact) mass is 481 g/mol. The van der Waals surface area contributed by atoms with E-state index in [0.29, 0.717) is 43.9 Å². The summed E-state index contributed by atoms with van der Waals surface area (Å²) in [6.07, 6.45) is 1.49. The molecule has 9 heteroatoms. The number of carbonyl (C=O) groups is 1. The van der Waals surface area contributed by atoms with Crippen molar-refractivity contribution in [2.45, 2.75) is 0 Å². The van der Waals surface area contributed by atoms with E-state index in [1.54, 1.807) is 31.4 Å². The van der Waals surface area contributed by atoms with Crippen molar-refractivity contribution in [1.29, 1.82) is 0 Å². The molecule has 0 aliphatic heterocycles. The van der Waals surface area contributed by atoms with E-state index in [0.717, 1.165) is 10.3 Å². The number of rotatable bonds is 7. The van der Waals surface area contributed by atoms with E-state index in [4.69, 9.17) is 25.8 Å². The normalized spacial score (nSPS) is 11.0. The summed E-state index contributed by atoms with van der Waals surface area (Å²) in [5.41, 5.74) is 5.03. The molecule has 7 nitrogen and oxygen atoms in total. The van der Waals surface area contributed by atoms with E-state index < -0.39 is 0 Å². The van der Waals surface area contributed by atoms with Crippen molar-refractivity contribution in [3.63, 3.8) is 0 Å². The van der Waals surface area contributed by atoms with Gasteiger partial charge in [0.15, 0.2) is 11.5 Å². The highest BCUT2D eigenvalue weighted by atomic mass is 35.5. The molecule has 168 valence electrons. The summed E-state index contributed by atoms with van der Waals surface area (Å²) in [5, 5.41) is 4.85. The van der Waals surface area contributed by atoms with Gasteiger partial charge in [0.25, 0.3) is 5.91 Å². The average Bonchev–Trinajstić information content (AvgIpc) is 3.28. The molecule has 0 fully saturated rings. The first-order valence-corrected chi connectivity index (χ1v) is 11.0. The van der Waals surface area contributed by atoms with Crippen LogP contribution in [0.25, 0.3) is 21.5 Å². The number of hydrogen-bond donors (Lipinski definition) is 1. The van der Waals surface area contributed by atoms with Crippen LogP contribution in [0, 0.1) is 0 Å². The zero-order chi connectivity index (χ0) is 23.4. The number of hydrazone groups is 1. The number of nitrogens with one attached hydrogen (secondary N) is 1. The lowest BCUT2D eigenvalue weighted by Gasteiger charge is -2.13. The maximum atomic E-state index is 13.1. The Morgan fingerprint density at radius 1 is 1.03 bits per heavy atom. The third-order valence-electron chi connectivity index (χ3n) is 4.89. The fourth-order valence-electron chi connectivity index (χ4n) is 3.39. The maximum Gasteiger partial charge on any atom is 0.272 e. The largest absolute Gasteiger partial charge is 0.493 e. The topological polar surface area (TPSA) is 82.0 Å². The minimum Gasteiger partial charge on any atom is -0.493 e. The van der Waals surface area contributed by atoms with Gasteiger partial charge in [-0.2, -0.15) is 5.10 Å². The van der Waals surface area contributed by atoms with Crippen LogP contribution in [0.3, 0.4) is 0 Å². The van der Waals surface area contributed by atoms with Crippen molar-refractivity contribution in [3.8, 4) is 27.8 Å². The molecular weight excluding hydrogens is 462 g/mol. The number of carbonyl (C=O) groups excluding carboxylic acids is 1. The van der Waals surface area contributed by atoms with Crippen molar-refractivity contribution < 1.29 is 19.0 Å². The molecule has 0 saturated heterocycles. The van der Waals surface area contributed by atoms with Crippen LogP contribution in [-0.2, 0) is 0 Å². The quantitative estimate of drug-likeness (QED) is 0.282. The van der Waals surface area contributed by atoms with Crippen LogP contribution in [0.4, 0.5) is 0 Å². The first-order valence-electron chi connectivity index (χ1n) is 9.83. The highest BCUT2D eigenvalue weighted by Gasteiger charge is 2.16. The third-order valence-corrected chi connectivity index (χ3v) is 6.14. The Morgan fingerprint density at radius 2 is 1.82 bits per heavy atom. The Labute approximate surface area is 199 Å². The first kappa shape index (κ1) is 22.6. The predicted octanol–water partition coefficient (Wildman–Crippen LogP) is 5.41. The van der Waals surface area contributed by atoms with E-state index in [-0.39, 0.29) is 5.91 Å². The number of amides is 1. The first-order chi connectivity index (χ1) is 16.0. The van der Waals surface area contributed by atoms with Gasteiger partial charge in [0.1, 0.15) is 0 Å².